The van der Waals surface area contributed by atoms with E-state index in [1.807, 2.05) is 25.1 Å². The first kappa shape index (κ1) is 16.4. The highest BCUT2D eigenvalue weighted by Gasteiger charge is 2.26. The van der Waals surface area contributed by atoms with Gasteiger partial charge in [0.2, 0.25) is 0 Å². The van der Waals surface area contributed by atoms with Gasteiger partial charge >= 0.3 is 0 Å². The molecular weight excluding hydrogens is 304 g/mol. The maximum absolute atomic E-state index is 12.7. The number of pyridine rings is 1. The minimum Gasteiger partial charge on any atom is -0.362 e. The van der Waals surface area contributed by atoms with Crippen molar-refractivity contribution in [3.8, 4) is 0 Å². The second-order valence-electron chi connectivity index (χ2n) is 6.72. The van der Waals surface area contributed by atoms with E-state index in [1.165, 1.54) is 0 Å². The molecule has 0 aromatic carbocycles. The van der Waals surface area contributed by atoms with E-state index in [9.17, 15) is 4.79 Å². The van der Waals surface area contributed by atoms with Crippen LogP contribution in [0.3, 0.4) is 0 Å². The highest BCUT2D eigenvalue weighted by atomic mass is 16.1. The van der Waals surface area contributed by atoms with E-state index in [1.54, 1.807) is 12.3 Å². The van der Waals surface area contributed by atoms with Crippen molar-refractivity contribution in [1.82, 2.24) is 25.1 Å². The first-order valence-electron chi connectivity index (χ1n) is 8.32. The van der Waals surface area contributed by atoms with Gasteiger partial charge in [-0.2, -0.15) is 0 Å². The van der Waals surface area contributed by atoms with Crippen molar-refractivity contribution in [2.45, 2.75) is 45.2 Å². The maximum atomic E-state index is 12.7. The summed E-state index contributed by atoms with van der Waals surface area (Å²) in [5.41, 5.74) is 0.598. The van der Waals surface area contributed by atoms with Crippen molar-refractivity contribution >= 4 is 11.7 Å². The largest absolute Gasteiger partial charge is 0.362 e. The van der Waals surface area contributed by atoms with Crippen LogP contribution in [-0.4, -0.2) is 45.8 Å². The summed E-state index contributed by atoms with van der Waals surface area (Å²) in [6, 6.07) is 3.68. The van der Waals surface area contributed by atoms with E-state index in [0.29, 0.717) is 17.3 Å². The summed E-state index contributed by atoms with van der Waals surface area (Å²) in [4.78, 5) is 18.8. The SMILES string of the molecule is CC(C)c1nnc2n1C[C@@H](NC(=O)c1cccnc1N(C)C)CC2. The van der Waals surface area contributed by atoms with Crippen LogP contribution in [0.4, 0.5) is 5.82 Å². The number of nitrogens with one attached hydrogen (secondary N) is 1. The number of hydrogen-bond donors (Lipinski definition) is 1. The normalized spacial score (nSPS) is 16.8. The Hall–Kier alpha value is -2.44. The van der Waals surface area contributed by atoms with Gasteiger partial charge in [-0.3, -0.25) is 4.79 Å². The Balaban J connectivity index is 1.76. The van der Waals surface area contributed by atoms with Crippen LogP contribution in [-0.2, 0) is 13.0 Å². The molecule has 7 nitrogen and oxygen atoms in total. The van der Waals surface area contributed by atoms with Gasteiger partial charge in [-0.05, 0) is 18.6 Å². The molecule has 1 aliphatic rings. The van der Waals surface area contributed by atoms with Crippen molar-refractivity contribution in [3.63, 3.8) is 0 Å². The van der Waals surface area contributed by atoms with Crippen LogP contribution < -0.4 is 10.2 Å². The van der Waals surface area contributed by atoms with Crippen LogP contribution in [0.15, 0.2) is 18.3 Å². The van der Waals surface area contributed by atoms with Gasteiger partial charge in [0.25, 0.3) is 5.91 Å². The molecule has 1 atom stereocenters. The number of aryl methyl sites for hydroxylation is 1. The number of anilines is 1. The molecule has 0 radical (unpaired) electrons. The molecule has 7 heteroatoms. The van der Waals surface area contributed by atoms with Crippen molar-refractivity contribution in [3.05, 3.63) is 35.5 Å². The van der Waals surface area contributed by atoms with Crippen LogP contribution in [0.1, 0.15) is 48.2 Å². The lowest BCUT2D eigenvalue weighted by atomic mass is 10.1. The minimum atomic E-state index is -0.0839. The zero-order chi connectivity index (χ0) is 17.3. The third-order valence-electron chi connectivity index (χ3n) is 4.28. The number of aromatic nitrogens is 4. The van der Waals surface area contributed by atoms with Gasteiger partial charge in [-0.15, -0.1) is 10.2 Å². The number of fused-ring (bicyclic) bond motifs is 1. The molecule has 0 spiro atoms. The molecule has 0 saturated carbocycles. The van der Waals surface area contributed by atoms with Crippen LogP contribution in [0.2, 0.25) is 0 Å². The molecule has 0 unspecified atom stereocenters. The van der Waals surface area contributed by atoms with Crippen molar-refractivity contribution < 1.29 is 4.79 Å². The van der Waals surface area contributed by atoms with E-state index in [2.05, 4.69) is 38.9 Å². The Labute approximate surface area is 142 Å². The topological polar surface area (TPSA) is 75.9 Å². The molecule has 3 heterocycles. The summed E-state index contributed by atoms with van der Waals surface area (Å²) in [6.07, 6.45) is 3.41. The number of hydrogen-bond acceptors (Lipinski definition) is 5. The predicted molar refractivity (Wildman–Crippen MR) is 92.3 cm³/mol. The fraction of sp³-hybridized carbons (Fsp3) is 0.529. The molecule has 0 bridgehead atoms. The number of carbonyl (C=O) groups excluding carboxylic acids is 1. The molecule has 24 heavy (non-hydrogen) atoms. The van der Waals surface area contributed by atoms with Crippen LogP contribution in [0.25, 0.3) is 0 Å². The third kappa shape index (κ3) is 3.11. The second-order valence-corrected chi connectivity index (χ2v) is 6.72. The molecule has 2 aromatic heterocycles. The van der Waals surface area contributed by atoms with Crippen LogP contribution in [0.5, 0.6) is 0 Å². The summed E-state index contributed by atoms with van der Waals surface area (Å²) in [5.74, 6) is 2.91. The minimum absolute atomic E-state index is 0.0775. The van der Waals surface area contributed by atoms with Crippen LogP contribution in [0, 0.1) is 0 Å². The number of nitrogens with zero attached hydrogens (tertiary/aromatic N) is 5. The average molecular weight is 328 g/mol. The highest BCUT2D eigenvalue weighted by molar-refractivity contribution is 5.99. The van der Waals surface area contributed by atoms with E-state index in [0.717, 1.165) is 31.0 Å². The Morgan fingerprint density at radius 3 is 2.88 bits per heavy atom. The second kappa shape index (κ2) is 6.59. The van der Waals surface area contributed by atoms with Gasteiger partial charge in [0.05, 0.1) is 5.56 Å². The molecular formula is C17H24N6O. The lowest BCUT2D eigenvalue weighted by Gasteiger charge is -2.26. The molecule has 128 valence electrons. The molecule has 3 rings (SSSR count). The summed E-state index contributed by atoms with van der Waals surface area (Å²) in [5, 5.41) is 11.7. The monoisotopic (exact) mass is 328 g/mol. The first-order valence-corrected chi connectivity index (χ1v) is 8.32. The Bertz CT molecular complexity index is 736. The number of carbonyl (C=O) groups is 1. The molecule has 1 N–H and O–H groups in total. The summed E-state index contributed by atoms with van der Waals surface area (Å²) < 4.78 is 2.15. The smallest absolute Gasteiger partial charge is 0.255 e. The summed E-state index contributed by atoms with van der Waals surface area (Å²) >= 11 is 0. The fourth-order valence-electron chi connectivity index (χ4n) is 3.09. The lowest BCUT2D eigenvalue weighted by molar-refractivity contribution is 0.0927. The van der Waals surface area contributed by atoms with Gasteiger partial charge in [0.15, 0.2) is 0 Å². The maximum Gasteiger partial charge on any atom is 0.255 e. The fourth-order valence-corrected chi connectivity index (χ4v) is 3.09. The highest BCUT2D eigenvalue weighted by Crippen LogP contribution is 2.21. The van der Waals surface area contributed by atoms with Gasteiger partial charge in [-0.25, -0.2) is 4.98 Å². The van der Waals surface area contributed by atoms with Gasteiger partial charge in [0.1, 0.15) is 17.5 Å². The molecule has 0 saturated heterocycles. The van der Waals surface area contributed by atoms with Crippen LogP contribution >= 0.6 is 0 Å². The molecule has 1 amide bonds. The Morgan fingerprint density at radius 1 is 1.38 bits per heavy atom. The van der Waals surface area contributed by atoms with Gasteiger partial charge in [0, 0.05) is 45.2 Å². The quantitative estimate of drug-likeness (QED) is 0.923. The third-order valence-corrected chi connectivity index (χ3v) is 4.28. The first-order chi connectivity index (χ1) is 11.5. The number of rotatable bonds is 4. The van der Waals surface area contributed by atoms with E-state index >= 15 is 0 Å². The van der Waals surface area contributed by atoms with Crippen molar-refractivity contribution in [1.29, 1.82) is 0 Å². The molecule has 2 aromatic rings. The average Bonchev–Trinajstić information content (AvgIpc) is 2.98. The van der Waals surface area contributed by atoms with Gasteiger partial charge in [-0.1, -0.05) is 13.8 Å². The predicted octanol–water partition coefficient (Wildman–Crippen LogP) is 1.61. The zero-order valence-corrected chi connectivity index (χ0v) is 14.7. The van der Waals surface area contributed by atoms with E-state index in [4.69, 9.17) is 0 Å². The standard InChI is InChI=1S/C17H24N6O/c1-11(2)15-21-20-14-8-7-12(10-23(14)15)19-17(24)13-6-5-9-18-16(13)22(3)4/h5-6,9,11-12H,7-8,10H2,1-4H3,(H,19,24)/t12-/m0/s1. The van der Waals surface area contributed by atoms with Crippen molar-refractivity contribution in [2.24, 2.45) is 0 Å². The molecule has 1 aliphatic heterocycles. The summed E-state index contributed by atoms with van der Waals surface area (Å²) in [6.45, 7) is 4.94. The van der Waals surface area contributed by atoms with E-state index in [-0.39, 0.29) is 11.9 Å². The van der Waals surface area contributed by atoms with Gasteiger partial charge < -0.3 is 14.8 Å². The Morgan fingerprint density at radius 2 is 2.17 bits per heavy atom. The zero-order valence-electron chi connectivity index (χ0n) is 14.7. The molecule has 0 aliphatic carbocycles. The Kier molecular flexibility index (Phi) is 4.51. The molecule has 0 fully saturated rings. The number of amides is 1. The summed E-state index contributed by atoms with van der Waals surface area (Å²) in [7, 11) is 3.77. The lowest BCUT2D eigenvalue weighted by Crippen LogP contribution is -2.41. The van der Waals surface area contributed by atoms with Crippen molar-refractivity contribution in [2.75, 3.05) is 19.0 Å². The van der Waals surface area contributed by atoms with E-state index < -0.39 is 0 Å².